The van der Waals surface area contributed by atoms with Gasteiger partial charge < -0.3 is 20.3 Å². The number of hydrogen-bond acceptors (Lipinski definition) is 4. The van der Waals surface area contributed by atoms with E-state index in [4.69, 9.17) is 4.74 Å². The number of rotatable bonds is 8. The van der Waals surface area contributed by atoms with Gasteiger partial charge in [0.15, 0.2) is 0 Å². The first-order chi connectivity index (χ1) is 11.6. The third-order valence-electron chi connectivity index (χ3n) is 4.88. The Balaban J connectivity index is 1.90. The van der Waals surface area contributed by atoms with E-state index < -0.39 is 0 Å². The van der Waals surface area contributed by atoms with Crippen molar-refractivity contribution in [1.29, 1.82) is 0 Å². The van der Waals surface area contributed by atoms with Gasteiger partial charge in [-0.25, -0.2) is 0 Å². The molecular weight excluding hydrogens is 302 g/mol. The number of amides is 1. The van der Waals surface area contributed by atoms with Crippen LogP contribution < -0.4 is 15.5 Å². The van der Waals surface area contributed by atoms with Crippen molar-refractivity contribution >= 4 is 11.6 Å². The van der Waals surface area contributed by atoms with E-state index in [1.165, 1.54) is 11.3 Å². The van der Waals surface area contributed by atoms with E-state index in [-0.39, 0.29) is 11.3 Å². The molecule has 1 heterocycles. The molecule has 2 rings (SSSR count). The van der Waals surface area contributed by atoms with Crippen LogP contribution in [0.2, 0.25) is 0 Å². The largest absolute Gasteiger partial charge is 0.384 e. The summed E-state index contributed by atoms with van der Waals surface area (Å²) in [6.07, 6.45) is 1.67. The Kier molecular flexibility index (Phi) is 7.06. The molecule has 1 aliphatic rings. The molecule has 1 aliphatic heterocycles. The Hall–Kier alpha value is -1.59. The third kappa shape index (κ3) is 4.71. The fourth-order valence-corrected chi connectivity index (χ4v) is 3.40. The first kappa shape index (κ1) is 18.7. The number of anilines is 1. The quantitative estimate of drug-likeness (QED) is 0.763. The van der Waals surface area contributed by atoms with Crippen molar-refractivity contribution in [1.82, 2.24) is 10.6 Å². The second-order valence-corrected chi connectivity index (χ2v) is 6.64. The van der Waals surface area contributed by atoms with Crippen LogP contribution >= 0.6 is 0 Å². The standard InChI is InChI=1S/C19H31N3O2/c1-4-22(17-7-5-6-16(2)14-17)13-12-21-18(23)19(15-24-3)8-10-20-11-9-19/h5-7,14,20H,4,8-13,15H2,1-3H3,(H,21,23). The van der Waals surface area contributed by atoms with Gasteiger partial charge in [0.25, 0.3) is 0 Å². The number of carbonyl (C=O) groups excluding carboxylic acids is 1. The molecule has 0 radical (unpaired) electrons. The normalized spacial score (nSPS) is 16.6. The molecular formula is C19H31N3O2. The number of carbonyl (C=O) groups is 1. The molecule has 5 nitrogen and oxygen atoms in total. The molecule has 1 saturated heterocycles. The summed E-state index contributed by atoms with van der Waals surface area (Å²) in [6.45, 7) is 8.88. The van der Waals surface area contributed by atoms with Crippen molar-refractivity contribution in [3.8, 4) is 0 Å². The van der Waals surface area contributed by atoms with E-state index in [2.05, 4.69) is 53.6 Å². The van der Waals surface area contributed by atoms with Crippen molar-refractivity contribution in [2.75, 3.05) is 51.3 Å². The first-order valence-corrected chi connectivity index (χ1v) is 8.91. The lowest BCUT2D eigenvalue weighted by molar-refractivity contribution is -0.136. The molecule has 134 valence electrons. The van der Waals surface area contributed by atoms with Gasteiger partial charge in [-0.05, 0) is 57.5 Å². The maximum atomic E-state index is 12.7. The monoisotopic (exact) mass is 333 g/mol. The van der Waals surface area contributed by atoms with E-state index in [9.17, 15) is 4.79 Å². The minimum atomic E-state index is -0.375. The van der Waals surface area contributed by atoms with Crippen LogP contribution in [-0.4, -0.2) is 52.3 Å². The van der Waals surface area contributed by atoms with Gasteiger partial charge in [0.2, 0.25) is 5.91 Å². The second-order valence-electron chi connectivity index (χ2n) is 6.64. The number of piperidine rings is 1. The number of hydrogen-bond donors (Lipinski definition) is 2. The van der Waals surface area contributed by atoms with Crippen molar-refractivity contribution in [2.45, 2.75) is 26.7 Å². The summed E-state index contributed by atoms with van der Waals surface area (Å²) in [5.41, 5.74) is 2.09. The average Bonchev–Trinajstić information content (AvgIpc) is 2.59. The summed E-state index contributed by atoms with van der Waals surface area (Å²) in [6, 6.07) is 8.49. The SMILES string of the molecule is CCN(CCNC(=O)C1(COC)CCNCC1)c1cccc(C)c1. The maximum absolute atomic E-state index is 12.7. The summed E-state index contributed by atoms with van der Waals surface area (Å²) in [5, 5.41) is 6.46. The Labute approximate surface area is 145 Å². The van der Waals surface area contributed by atoms with Gasteiger partial charge in [-0.15, -0.1) is 0 Å². The van der Waals surface area contributed by atoms with Crippen LogP contribution in [0.1, 0.15) is 25.3 Å². The molecule has 1 aromatic rings. The summed E-state index contributed by atoms with van der Waals surface area (Å²) in [5.74, 6) is 0.131. The fourth-order valence-electron chi connectivity index (χ4n) is 3.40. The van der Waals surface area contributed by atoms with Crippen molar-refractivity contribution in [2.24, 2.45) is 5.41 Å². The maximum Gasteiger partial charge on any atom is 0.228 e. The molecule has 1 amide bonds. The molecule has 0 spiro atoms. The van der Waals surface area contributed by atoms with Crippen LogP contribution in [0.4, 0.5) is 5.69 Å². The fraction of sp³-hybridized carbons (Fsp3) is 0.632. The third-order valence-corrected chi connectivity index (χ3v) is 4.88. The van der Waals surface area contributed by atoms with Crippen LogP contribution in [0.5, 0.6) is 0 Å². The number of nitrogens with zero attached hydrogens (tertiary/aromatic N) is 1. The predicted molar refractivity (Wildman–Crippen MR) is 98.5 cm³/mol. The number of benzene rings is 1. The zero-order chi connectivity index (χ0) is 17.4. The lowest BCUT2D eigenvalue weighted by atomic mass is 9.78. The van der Waals surface area contributed by atoms with Gasteiger partial charge in [-0.2, -0.15) is 0 Å². The van der Waals surface area contributed by atoms with E-state index in [0.29, 0.717) is 13.2 Å². The highest BCUT2D eigenvalue weighted by atomic mass is 16.5. The number of aryl methyl sites for hydroxylation is 1. The Morgan fingerprint density at radius 1 is 1.38 bits per heavy atom. The topological polar surface area (TPSA) is 53.6 Å². The van der Waals surface area contributed by atoms with Gasteiger partial charge in [-0.1, -0.05) is 12.1 Å². The summed E-state index contributed by atoms with van der Waals surface area (Å²) >= 11 is 0. The minimum Gasteiger partial charge on any atom is -0.384 e. The molecule has 0 atom stereocenters. The van der Waals surface area contributed by atoms with E-state index in [1.807, 2.05) is 0 Å². The van der Waals surface area contributed by atoms with Crippen molar-refractivity contribution < 1.29 is 9.53 Å². The van der Waals surface area contributed by atoms with Crippen LogP contribution in [0, 0.1) is 12.3 Å². The molecule has 0 aromatic heterocycles. The highest BCUT2D eigenvalue weighted by Gasteiger charge is 2.39. The van der Waals surface area contributed by atoms with Crippen LogP contribution in [0.15, 0.2) is 24.3 Å². The Morgan fingerprint density at radius 3 is 2.75 bits per heavy atom. The van der Waals surface area contributed by atoms with Gasteiger partial charge in [0.05, 0.1) is 12.0 Å². The van der Waals surface area contributed by atoms with Crippen LogP contribution in [0.3, 0.4) is 0 Å². The molecule has 0 bridgehead atoms. The molecule has 5 heteroatoms. The molecule has 0 aliphatic carbocycles. The summed E-state index contributed by atoms with van der Waals surface area (Å²) < 4.78 is 5.34. The van der Waals surface area contributed by atoms with Crippen LogP contribution in [-0.2, 0) is 9.53 Å². The lowest BCUT2D eigenvalue weighted by Gasteiger charge is -2.35. The smallest absolute Gasteiger partial charge is 0.228 e. The Morgan fingerprint density at radius 2 is 2.12 bits per heavy atom. The zero-order valence-electron chi connectivity index (χ0n) is 15.2. The zero-order valence-corrected chi connectivity index (χ0v) is 15.2. The number of nitrogens with one attached hydrogen (secondary N) is 2. The average molecular weight is 333 g/mol. The number of ether oxygens (including phenoxy) is 1. The van der Waals surface area contributed by atoms with Crippen LogP contribution in [0.25, 0.3) is 0 Å². The summed E-state index contributed by atoms with van der Waals surface area (Å²) in [7, 11) is 1.67. The number of likely N-dealkylation sites (N-methyl/N-ethyl adjacent to an activating group) is 1. The molecule has 0 unspecified atom stereocenters. The van der Waals surface area contributed by atoms with E-state index in [0.717, 1.165) is 39.0 Å². The molecule has 1 fully saturated rings. The molecule has 2 N–H and O–H groups in total. The lowest BCUT2D eigenvalue weighted by Crippen LogP contribution is -2.51. The van der Waals surface area contributed by atoms with E-state index >= 15 is 0 Å². The predicted octanol–water partition coefficient (Wildman–Crippen LogP) is 1.95. The summed E-state index contributed by atoms with van der Waals surface area (Å²) in [4.78, 5) is 15.0. The first-order valence-electron chi connectivity index (χ1n) is 8.91. The van der Waals surface area contributed by atoms with E-state index in [1.54, 1.807) is 7.11 Å². The van der Waals surface area contributed by atoms with Gasteiger partial charge in [0, 0.05) is 32.4 Å². The molecule has 1 aromatic carbocycles. The van der Waals surface area contributed by atoms with Crippen molar-refractivity contribution in [3.63, 3.8) is 0 Å². The molecule has 24 heavy (non-hydrogen) atoms. The minimum absolute atomic E-state index is 0.131. The van der Waals surface area contributed by atoms with Gasteiger partial charge >= 0.3 is 0 Å². The van der Waals surface area contributed by atoms with Gasteiger partial charge in [-0.3, -0.25) is 4.79 Å². The number of methoxy groups -OCH3 is 1. The molecule has 0 saturated carbocycles. The van der Waals surface area contributed by atoms with Crippen molar-refractivity contribution in [3.05, 3.63) is 29.8 Å². The Bertz CT molecular complexity index is 522. The highest BCUT2D eigenvalue weighted by Crippen LogP contribution is 2.29. The second kappa shape index (κ2) is 9.04. The van der Waals surface area contributed by atoms with Gasteiger partial charge in [0.1, 0.15) is 0 Å². The highest BCUT2D eigenvalue weighted by molar-refractivity contribution is 5.83.